The molecule has 0 aliphatic carbocycles. The molecule has 2 rings (SSSR count). The minimum Gasteiger partial charge on any atom is -0.481 e. The number of rotatable bonds is 5. The molecule has 0 unspecified atom stereocenters. The van der Waals surface area contributed by atoms with Crippen molar-refractivity contribution in [2.24, 2.45) is 11.8 Å². The van der Waals surface area contributed by atoms with E-state index in [1.807, 2.05) is 4.90 Å². The molecule has 8 heteroatoms. The Balaban J connectivity index is 1.89. The summed E-state index contributed by atoms with van der Waals surface area (Å²) < 4.78 is 0. The highest BCUT2D eigenvalue weighted by Crippen LogP contribution is 2.26. The second-order valence-corrected chi connectivity index (χ2v) is 5.53. The molecule has 2 heterocycles. The fourth-order valence-corrected chi connectivity index (χ4v) is 2.58. The predicted octanol–water partition coefficient (Wildman–Crippen LogP) is 1.52. The van der Waals surface area contributed by atoms with E-state index in [1.54, 1.807) is 0 Å². The molecule has 1 aromatic heterocycles. The lowest BCUT2D eigenvalue weighted by Gasteiger charge is -2.32. The molecule has 0 radical (unpaired) electrons. The maximum Gasteiger partial charge on any atom is 0.317 e. The van der Waals surface area contributed by atoms with Crippen molar-refractivity contribution in [3.8, 4) is 0 Å². The van der Waals surface area contributed by atoms with E-state index in [9.17, 15) is 9.59 Å². The molecule has 0 amide bonds. The molecule has 2 N–H and O–H groups in total. The van der Waals surface area contributed by atoms with E-state index in [2.05, 4.69) is 9.97 Å². The van der Waals surface area contributed by atoms with Gasteiger partial charge in [-0.2, -0.15) is 0 Å². The molecule has 21 heavy (non-hydrogen) atoms. The van der Waals surface area contributed by atoms with Gasteiger partial charge in [-0.05, 0) is 25.2 Å². The first-order chi connectivity index (χ1) is 9.97. The summed E-state index contributed by atoms with van der Waals surface area (Å²) in [7, 11) is 0. The van der Waals surface area contributed by atoms with Crippen LogP contribution in [0, 0.1) is 11.8 Å². The van der Waals surface area contributed by atoms with Crippen molar-refractivity contribution in [3.05, 3.63) is 17.4 Å². The van der Waals surface area contributed by atoms with Crippen molar-refractivity contribution < 1.29 is 19.8 Å². The lowest BCUT2D eigenvalue weighted by Crippen LogP contribution is -2.36. The van der Waals surface area contributed by atoms with Gasteiger partial charge in [0.05, 0.1) is 17.4 Å². The average Bonchev–Trinajstić information content (AvgIpc) is 2.45. The quantitative estimate of drug-likeness (QED) is 0.794. The van der Waals surface area contributed by atoms with Gasteiger partial charge in [-0.25, -0.2) is 9.97 Å². The van der Waals surface area contributed by atoms with Gasteiger partial charge in [-0.3, -0.25) is 9.59 Å². The van der Waals surface area contributed by atoms with Gasteiger partial charge >= 0.3 is 11.9 Å². The fraction of sp³-hybridized carbons (Fsp3) is 0.538. The Hall–Kier alpha value is -1.89. The molecule has 0 saturated carbocycles. The molecular formula is C13H16ClN3O4. The molecule has 0 bridgehead atoms. The van der Waals surface area contributed by atoms with Gasteiger partial charge in [0.25, 0.3) is 0 Å². The van der Waals surface area contributed by atoms with E-state index in [1.165, 1.54) is 12.4 Å². The minimum absolute atomic E-state index is 0.0887. The monoisotopic (exact) mass is 313 g/mol. The first-order valence-corrected chi connectivity index (χ1v) is 7.03. The summed E-state index contributed by atoms with van der Waals surface area (Å²) in [6, 6.07) is 0. The molecular weight excluding hydrogens is 298 g/mol. The summed E-state index contributed by atoms with van der Waals surface area (Å²) in [5, 5.41) is 18.3. The van der Waals surface area contributed by atoms with Crippen LogP contribution >= 0.6 is 11.6 Å². The van der Waals surface area contributed by atoms with Crippen LogP contribution in [-0.4, -0.2) is 45.2 Å². The van der Waals surface area contributed by atoms with Crippen molar-refractivity contribution in [2.75, 3.05) is 18.0 Å². The van der Waals surface area contributed by atoms with Gasteiger partial charge in [0.1, 0.15) is 0 Å². The van der Waals surface area contributed by atoms with Crippen molar-refractivity contribution in [1.82, 2.24) is 9.97 Å². The number of halogens is 1. The molecule has 0 spiro atoms. The maximum absolute atomic E-state index is 10.9. The maximum atomic E-state index is 10.9. The zero-order chi connectivity index (χ0) is 15.4. The minimum atomic E-state index is -1.33. The Kier molecular flexibility index (Phi) is 4.95. The number of anilines is 1. The Bertz CT molecular complexity index is 501. The van der Waals surface area contributed by atoms with Crippen LogP contribution in [0.2, 0.25) is 5.02 Å². The lowest BCUT2D eigenvalue weighted by molar-refractivity contribution is -0.155. The van der Waals surface area contributed by atoms with Crippen molar-refractivity contribution >= 4 is 29.5 Å². The first kappa shape index (κ1) is 15.5. The highest BCUT2D eigenvalue weighted by molar-refractivity contribution is 6.30. The SMILES string of the molecule is O=C(O)C(CC1CCN(c2ncc(Cl)cn2)CC1)C(=O)O. The average molecular weight is 314 g/mol. The Morgan fingerprint density at radius 3 is 2.24 bits per heavy atom. The topological polar surface area (TPSA) is 104 Å². The molecule has 1 aliphatic heterocycles. The van der Waals surface area contributed by atoms with Crippen LogP contribution in [-0.2, 0) is 9.59 Å². The third-order valence-corrected chi connectivity index (χ3v) is 3.86. The summed E-state index contributed by atoms with van der Waals surface area (Å²) in [4.78, 5) is 32.1. The summed E-state index contributed by atoms with van der Waals surface area (Å²) in [6.45, 7) is 1.36. The van der Waals surface area contributed by atoms with Gasteiger partial charge in [0.15, 0.2) is 5.92 Å². The molecule has 114 valence electrons. The molecule has 0 atom stereocenters. The molecule has 1 aromatic rings. The zero-order valence-corrected chi connectivity index (χ0v) is 12.0. The number of hydrogen-bond donors (Lipinski definition) is 2. The largest absolute Gasteiger partial charge is 0.481 e. The van der Waals surface area contributed by atoms with Gasteiger partial charge in [-0.15, -0.1) is 0 Å². The van der Waals surface area contributed by atoms with Crippen LogP contribution in [0.25, 0.3) is 0 Å². The second kappa shape index (κ2) is 6.71. The third kappa shape index (κ3) is 4.04. The number of carboxylic acids is 2. The molecule has 0 aromatic carbocycles. The van der Waals surface area contributed by atoms with E-state index >= 15 is 0 Å². The Morgan fingerprint density at radius 1 is 1.24 bits per heavy atom. The number of piperidine rings is 1. The van der Waals surface area contributed by atoms with Crippen molar-refractivity contribution in [1.29, 1.82) is 0 Å². The number of aliphatic carboxylic acids is 2. The van der Waals surface area contributed by atoms with Crippen LogP contribution < -0.4 is 4.90 Å². The number of carbonyl (C=O) groups is 2. The van der Waals surface area contributed by atoms with Crippen LogP contribution in [0.15, 0.2) is 12.4 Å². The van der Waals surface area contributed by atoms with E-state index in [4.69, 9.17) is 21.8 Å². The van der Waals surface area contributed by atoms with E-state index in [0.717, 1.165) is 12.8 Å². The van der Waals surface area contributed by atoms with E-state index in [-0.39, 0.29) is 12.3 Å². The van der Waals surface area contributed by atoms with Crippen LogP contribution in [0.3, 0.4) is 0 Å². The summed E-state index contributed by atoms with van der Waals surface area (Å²) in [5.74, 6) is -3.19. The highest BCUT2D eigenvalue weighted by Gasteiger charge is 2.31. The number of carboxylic acid groups (broad SMARTS) is 2. The number of nitrogens with zero attached hydrogens (tertiary/aromatic N) is 3. The standard InChI is InChI=1S/C13H16ClN3O4/c14-9-6-15-13(16-7-9)17-3-1-8(2-4-17)5-10(11(18)19)12(20)21/h6-8,10H,1-5H2,(H,18,19)(H,20,21). The Labute approximate surface area is 126 Å². The summed E-state index contributed by atoms with van der Waals surface area (Å²) >= 11 is 5.74. The van der Waals surface area contributed by atoms with Gasteiger partial charge in [-0.1, -0.05) is 11.6 Å². The van der Waals surface area contributed by atoms with Crippen LogP contribution in [0.5, 0.6) is 0 Å². The van der Waals surface area contributed by atoms with Crippen LogP contribution in [0.1, 0.15) is 19.3 Å². The molecule has 1 saturated heterocycles. The van der Waals surface area contributed by atoms with Gasteiger partial charge in [0.2, 0.25) is 5.95 Å². The van der Waals surface area contributed by atoms with Gasteiger partial charge < -0.3 is 15.1 Å². The zero-order valence-electron chi connectivity index (χ0n) is 11.3. The van der Waals surface area contributed by atoms with Gasteiger partial charge in [0, 0.05) is 13.1 Å². The molecule has 1 fully saturated rings. The third-order valence-electron chi connectivity index (χ3n) is 3.67. The smallest absolute Gasteiger partial charge is 0.317 e. The second-order valence-electron chi connectivity index (χ2n) is 5.10. The Morgan fingerprint density at radius 2 is 1.76 bits per heavy atom. The number of aromatic nitrogens is 2. The fourth-order valence-electron chi connectivity index (χ4n) is 2.48. The lowest BCUT2D eigenvalue weighted by atomic mass is 9.87. The summed E-state index contributed by atoms with van der Waals surface area (Å²) in [6.07, 6.45) is 4.67. The van der Waals surface area contributed by atoms with Crippen molar-refractivity contribution in [3.63, 3.8) is 0 Å². The van der Waals surface area contributed by atoms with Crippen molar-refractivity contribution in [2.45, 2.75) is 19.3 Å². The highest BCUT2D eigenvalue weighted by atomic mass is 35.5. The summed E-state index contributed by atoms with van der Waals surface area (Å²) in [5.41, 5.74) is 0. The number of hydrogen-bond acceptors (Lipinski definition) is 5. The normalized spacial score (nSPS) is 16.2. The first-order valence-electron chi connectivity index (χ1n) is 6.65. The van der Waals surface area contributed by atoms with Crippen LogP contribution in [0.4, 0.5) is 5.95 Å². The van der Waals surface area contributed by atoms with E-state index < -0.39 is 17.9 Å². The van der Waals surface area contributed by atoms with E-state index in [0.29, 0.717) is 24.1 Å². The predicted molar refractivity (Wildman–Crippen MR) is 75.4 cm³/mol. The molecule has 7 nitrogen and oxygen atoms in total. The molecule has 1 aliphatic rings.